The summed E-state index contributed by atoms with van der Waals surface area (Å²) < 4.78 is 15.9. The average molecular weight is 436 g/mol. The fourth-order valence-corrected chi connectivity index (χ4v) is 4.75. The molecular formula is C23H21N3O4S. The van der Waals surface area contributed by atoms with Gasteiger partial charge in [-0.2, -0.15) is 0 Å². The Balaban J connectivity index is 1.36. The minimum atomic E-state index is -0.187. The number of aryl methyl sites for hydroxylation is 1. The van der Waals surface area contributed by atoms with Gasteiger partial charge < -0.3 is 14.0 Å². The van der Waals surface area contributed by atoms with Crippen LogP contribution in [0.1, 0.15) is 21.7 Å². The van der Waals surface area contributed by atoms with Gasteiger partial charge in [0.25, 0.3) is 5.56 Å². The van der Waals surface area contributed by atoms with Gasteiger partial charge in [-0.1, -0.05) is 12.1 Å². The van der Waals surface area contributed by atoms with Crippen LogP contribution >= 0.6 is 11.3 Å². The molecule has 0 N–H and O–H groups in total. The van der Waals surface area contributed by atoms with E-state index in [1.54, 1.807) is 6.07 Å². The van der Waals surface area contributed by atoms with Gasteiger partial charge in [-0.3, -0.25) is 14.2 Å². The molecule has 1 aliphatic rings. The van der Waals surface area contributed by atoms with Crippen molar-refractivity contribution in [3.05, 3.63) is 75.4 Å². The van der Waals surface area contributed by atoms with Crippen LogP contribution in [-0.2, 0) is 13.1 Å². The van der Waals surface area contributed by atoms with E-state index in [1.807, 2.05) is 49.6 Å². The Bertz CT molecular complexity index is 1350. The molecule has 0 amide bonds. The van der Waals surface area contributed by atoms with Crippen molar-refractivity contribution in [3.63, 3.8) is 0 Å². The number of benzene rings is 1. The normalized spacial score (nSPS) is 15.4. The summed E-state index contributed by atoms with van der Waals surface area (Å²) in [6, 6.07) is 11.3. The summed E-state index contributed by atoms with van der Waals surface area (Å²) in [5.74, 6) is 1.36. The molecule has 0 saturated heterocycles. The highest BCUT2D eigenvalue weighted by Crippen LogP contribution is 2.31. The van der Waals surface area contributed by atoms with Crippen LogP contribution in [0.4, 0.5) is 0 Å². The van der Waals surface area contributed by atoms with Gasteiger partial charge in [0, 0.05) is 17.0 Å². The van der Waals surface area contributed by atoms with Crippen molar-refractivity contribution in [2.45, 2.75) is 33.0 Å². The fourth-order valence-electron chi connectivity index (χ4n) is 3.95. The molecule has 0 unspecified atom stereocenters. The van der Waals surface area contributed by atoms with Crippen molar-refractivity contribution in [1.29, 1.82) is 0 Å². The van der Waals surface area contributed by atoms with Crippen LogP contribution < -0.4 is 15.0 Å². The maximum absolute atomic E-state index is 13.0. The number of fused-ring (bicyclic) bond motifs is 2. The van der Waals surface area contributed by atoms with E-state index in [4.69, 9.17) is 9.47 Å². The second-order valence-corrected chi connectivity index (χ2v) is 8.54. The number of hydrogen-bond donors (Lipinski definition) is 0. The van der Waals surface area contributed by atoms with E-state index < -0.39 is 0 Å². The van der Waals surface area contributed by atoms with Crippen LogP contribution in [0.25, 0.3) is 10.2 Å². The molecule has 4 aromatic rings. The predicted octanol–water partition coefficient (Wildman–Crippen LogP) is 3.60. The monoisotopic (exact) mass is 435 g/mol. The zero-order chi connectivity index (χ0) is 21.5. The summed E-state index contributed by atoms with van der Waals surface area (Å²) >= 11 is 1.34. The Morgan fingerprint density at radius 3 is 2.87 bits per heavy atom. The van der Waals surface area contributed by atoms with E-state index >= 15 is 0 Å². The topological polar surface area (TPSA) is 75.4 Å². The molecule has 1 aliphatic heterocycles. The van der Waals surface area contributed by atoms with Crippen molar-refractivity contribution >= 4 is 27.3 Å². The predicted molar refractivity (Wildman–Crippen MR) is 118 cm³/mol. The van der Waals surface area contributed by atoms with Gasteiger partial charge in [-0.25, -0.2) is 4.98 Å². The molecule has 8 heteroatoms. The first-order valence-electron chi connectivity index (χ1n) is 10.0. The summed E-state index contributed by atoms with van der Waals surface area (Å²) in [4.78, 5) is 29.9. The largest absolute Gasteiger partial charge is 0.486 e. The first-order chi connectivity index (χ1) is 15.0. The lowest BCUT2D eigenvalue weighted by Gasteiger charge is -2.27. The Morgan fingerprint density at radius 2 is 2.03 bits per heavy atom. The zero-order valence-corrected chi connectivity index (χ0v) is 18.0. The molecule has 0 spiro atoms. The summed E-state index contributed by atoms with van der Waals surface area (Å²) in [5.41, 5.74) is 2.89. The molecule has 1 atom stereocenters. The molecule has 5 rings (SSSR count). The van der Waals surface area contributed by atoms with Gasteiger partial charge in [-0.15, -0.1) is 11.3 Å². The van der Waals surface area contributed by atoms with Crippen molar-refractivity contribution in [2.75, 3.05) is 6.61 Å². The lowest BCUT2D eigenvalue weighted by molar-refractivity contribution is 0.0777. The molecule has 7 nitrogen and oxygen atoms in total. The minimum Gasteiger partial charge on any atom is -0.486 e. The maximum Gasteiger partial charge on any atom is 0.271 e. The molecule has 3 aromatic heterocycles. The van der Waals surface area contributed by atoms with Crippen molar-refractivity contribution in [3.8, 4) is 11.5 Å². The Kier molecular flexibility index (Phi) is 4.86. The summed E-state index contributed by atoms with van der Waals surface area (Å²) in [5, 5.41) is 1.83. The fraction of sp³-hybridized carbons (Fsp3) is 0.261. The lowest BCUT2D eigenvalue weighted by Crippen LogP contribution is -2.33. The first-order valence-corrected chi connectivity index (χ1v) is 10.9. The maximum atomic E-state index is 13.0. The second kappa shape index (κ2) is 7.70. The number of ketones is 1. The van der Waals surface area contributed by atoms with Gasteiger partial charge in [0.2, 0.25) is 0 Å². The summed E-state index contributed by atoms with van der Waals surface area (Å²) in [6.45, 7) is 4.86. The van der Waals surface area contributed by atoms with E-state index in [2.05, 4.69) is 9.55 Å². The van der Waals surface area contributed by atoms with Crippen LogP contribution in [0.2, 0.25) is 0 Å². The van der Waals surface area contributed by atoms with E-state index in [-0.39, 0.29) is 24.0 Å². The number of carbonyl (C=O) groups is 1. The molecular weight excluding hydrogens is 414 g/mol. The third-order valence-corrected chi connectivity index (χ3v) is 6.47. The van der Waals surface area contributed by atoms with Gasteiger partial charge in [0.15, 0.2) is 23.4 Å². The van der Waals surface area contributed by atoms with Crippen LogP contribution in [-0.4, -0.2) is 32.6 Å². The lowest BCUT2D eigenvalue weighted by atomic mass is 10.1. The number of thiophene rings is 1. The Morgan fingerprint density at radius 1 is 1.23 bits per heavy atom. The number of Topliss-reactive ketones (excluding diaryl/α,β-unsaturated/α-hetero) is 1. The number of hydrogen-bond acceptors (Lipinski definition) is 6. The standard InChI is InChI=1S/C23H21N3O4S/c1-14-9-17(19(27)11-25-13-24-18-7-8-31-22(18)23(25)28)15(2)26(14)10-16-12-29-20-5-3-4-6-21(20)30-16/h3-9,13,16H,10-12H2,1-2H3/t16-/m0/s1. The van der Waals surface area contributed by atoms with Crippen LogP contribution in [0.15, 0.2) is 52.9 Å². The van der Waals surface area contributed by atoms with Gasteiger partial charge in [0.05, 0.1) is 24.9 Å². The molecule has 1 aromatic carbocycles. The van der Waals surface area contributed by atoms with E-state index in [0.717, 1.165) is 22.9 Å². The highest BCUT2D eigenvalue weighted by Gasteiger charge is 2.24. The van der Waals surface area contributed by atoms with Crippen LogP contribution in [0, 0.1) is 13.8 Å². The Hall–Kier alpha value is -3.39. The third kappa shape index (κ3) is 3.53. The number of ether oxygens (including phenoxy) is 2. The quantitative estimate of drug-likeness (QED) is 0.448. The van der Waals surface area contributed by atoms with E-state index in [0.29, 0.717) is 28.9 Å². The van der Waals surface area contributed by atoms with Crippen molar-refractivity contribution in [2.24, 2.45) is 0 Å². The van der Waals surface area contributed by atoms with Gasteiger partial charge in [-0.05, 0) is 43.5 Å². The Labute approximate surface area is 182 Å². The molecule has 0 saturated carbocycles. The summed E-state index contributed by atoms with van der Waals surface area (Å²) in [7, 11) is 0. The van der Waals surface area contributed by atoms with Crippen molar-refractivity contribution in [1.82, 2.24) is 14.1 Å². The highest BCUT2D eigenvalue weighted by atomic mass is 32.1. The second-order valence-electron chi connectivity index (χ2n) is 7.63. The minimum absolute atomic E-state index is 0.0413. The SMILES string of the molecule is Cc1cc(C(=O)Cn2cnc3ccsc3c2=O)c(C)n1C[C@H]1COc2ccccc2O1. The zero-order valence-electron chi connectivity index (χ0n) is 17.2. The van der Waals surface area contributed by atoms with Gasteiger partial charge >= 0.3 is 0 Å². The number of nitrogens with zero attached hydrogens (tertiary/aromatic N) is 3. The number of para-hydroxylation sites is 2. The summed E-state index contributed by atoms with van der Waals surface area (Å²) in [6.07, 6.45) is 1.29. The average Bonchev–Trinajstić information content (AvgIpc) is 3.36. The molecule has 0 fully saturated rings. The molecule has 158 valence electrons. The molecule has 4 heterocycles. The number of carbonyl (C=O) groups excluding carboxylic acids is 1. The molecule has 0 bridgehead atoms. The van der Waals surface area contributed by atoms with E-state index in [1.165, 1.54) is 22.2 Å². The molecule has 0 aliphatic carbocycles. The van der Waals surface area contributed by atoms with Crippen molar-refractivity contribution < 1.29 is 14.3 Å². The highest BCUT2D eigenvalue weighted by molar-refractivity contribution is 7.17. The van der Waals surface area contributed by atoms with Crippen LogP contribution in [0.3, 0.4) is 0 Å². The number of aromatic nitrogens is 3. The van der Waals surface area contributed by atoms with E-state index in [9.17, 15) is 9.59 Å². The van der Waals surface area contributed by atoms with Crippen LogP contribution in [0.5, 0.6) is 11.5 Å². The molecule has 0 radical (unpaired) electrons. The van der Waals surface area contributed by atoms with Gasteiger partial charge in [0.1, 0.15) is 11.3 Å². The smallest absolute Gasteiger partial charge is 0.271 e. The first kappa shape index (κ1) is 19.6. The number of rotatable bonds is 5. The third-order valence-electron chi connectivity index (χ3n) is 5.58. The molecule has 31 heavy (non-hydrogen) atoms.